The summed E-state index contributed by atoms with van der Waals surface area (Å²) >= 11 is 1.79. The molecule has 0 radical (unpaired) electrons. The molecule has 3 heteroatoms. The second kappa shape index (κ2) is 6.51. The van der Waals surface area contributed by atoms with E-state index >= 15 is 0 Å². The van der Waals surface area contributed by atoms with Crippen LogP contribution in [0.4, 0.5) is 4.39 Å². The van der Waals surface area contributed by atoms with Gasteiger partial charge in [-0.05, 0) is 62.6 Å². The zero-order valence-electron chi connectivity index (χ0n) is 12.6. The predicted molar refractivity (Wildman–Crippen MR) is 85.1 cm³/mol. The van der Waals surface area contributed by atoms with Gasteiger partial charge in [-0.3, -0.25) is 0 Å². The van der Waals surface area contributed by atoms with Crippen LogP contribution in [0.2, 0.25) is 0 Å². The first kappa shape index (κ1) is 15.2. The van der Waals surface area contributed by atoms with Crippen molar-refractivity contribution in [2.45, 2.75) is 40.2 Å². The van der Waals surface area contributed by atoms with Crippen molar-refractivity contribution in [2.24, 2.45) is 0 Å². The van der Waals surface area contributed by atoms with Gasteiger partial charge in [-0.15, -0.1) is 11.3 Å². The molecule has 1 atom stereocenters. The van der Waals surface area contributed by atoms with Crippen LogP contribution in [0.25, 0.3) is 0 Å². The van der Waals surface area contributed by atoms with Gasteiger partial charge in [0, 0.05) is 9.75 Å². The van der Waals surface area contributed by atoms with Crippen molar-refractivity contribution in [1.82, 2.24) is 5.32 Å². The van der Waals surface area contributed by atoms with E-state index in [1.54, 1.807) is 24.3 Å². The van der Waals surface area contributed by atoms with Gasteiger partial charge in [0.25, 0.3) is 0 Å². The monoisotopic (exact) mass is 291 g/mol. The molecular formula is C17H22FNS. The molecule has 1 N–H and O–H groups in total. The maximum Gasteiger partial charge on any atom is 0.126 e. The normalized spacial score (nSPS) is 12.7. The summed E-state index contributed by atoms with van der Waals surface area (Å²) in [6.45, 7) is 9.13. The van der Waals surface area contributed by atoms with Crippen LogP contribution in [0.15, 0.2) is 24.3 Å². The van der Waals surface area contributed by atoms with Crippen molar-refractivity contribution >= 4 is 11.3 Å². The first-order valence-electron chi connectivity index (χ1n) is 7.09. The molecule has 0 aliphatic carbocycles. The second-order valence-corrected chi connectivity index (χ2v) is 6.57. The number of benzene rings is 1. The topological polar surface area (TPSA) is 12.0 Å². The van der Waals surface area contributed by atoms with Crippen LogP contribution in [-0.4, -0.2) is 6.54 Å². The Kier molecular flexibility index (Phi) is 4.95. The average Bonchev–Trinajstić information content (AvgIpc) is 2.74. The summed E-state index contributed by atoms with van der Waals surface area (Å²) in [7, 11) is 0. The quantitative estimate of drug-likeness (QED) is 0.826. The molecule has 1 nitrogen and oxygen atoms in total. The fraction of sp³-hybridized carbons (Fsp3) is 0.412. The number of hydrogen-bond acceptors (Lipinski definition) is 2. The summed E-state index contributed by atoms with van der Waals surface area (Å²) in [5.41, 5.74) is 3.00. The van der Waals surface area contributed by atoms with Gasteiger partial charge in [0.15, 0.2) is 0 Å². The maximum absolute atomic E-state index is 13.8. The first-order chi connectivity index (χ1) is 9.52. The lowest BCUT2D eigenvalue weighted by molar-refractivity contribution is 0.587. The van der Waals surface area contributed by atoms with Gasteiger partial charge < -0.3 is 5.32 Å². The molecule has 108 valence electrons. The van der Waals surface area contributed by atoms with Crippen LogP contribution >= 0.6 is 11.3 Å². The summed E-state index contributed by atoms with van der Waals surface area (Å²) in [5.74, 6) is -0.129. The van der Waals surface area contributed by atoms with Crippen molar-refractivity contribution < 1.29 is 4.39 Å². The molecule has 1 unspecified atom stereocenters. The molecule has 0 amide bonds. The van der Waals surface area contributed by atoms with E-state index in [-0.39, 0.29) is 11.9 Å². The Hall–Kier alpha value is -1.19. The smallest absolute Gasteiger partial charge is 0.126 e. The highest BCUT2D eigenvalue weighted by Crippen LogP contribution is 2.31. The van der Waals surface area contributed by atoms with Gasteiger partial charge in [-0.2, -0.15) is 0 Å². The third-order valence-electron chi connectivity index (χ3n) is 3.60. The highest BCUT2D eigenvalue weighted by molar-refractivity contribution is 7.12. The van der Waals surface area contributed by atoms with E-state index in [9.17, 15) is 4.39 Å². The molecule has 2 rings (SSSR count). The van der Waals surface area contributed by atoms with E-state index in [2.05, 4.69) is 32.2 Å². The van der Waals surface area contributed by atoms with Gasteiger partial charge in [-0.1, -0.05) is 19.1 Å². The summed E-state index contributed by atoms with van der Waals surface area (Å²) in [4.78, 5) is 2.59. The number of nitrogens with one attached hydrogen (secondary N) is 1. The van der Waals surface area contributed by atoms with Gasteiger partial charge in [0.2, 0.25) is 0 Å². The van der Waals surface area contributed by atoms with Crippen molar-refractivity contribution in [3.05, 3.63) is 56.5 Å². The zero-order chi connectivity index (χ0) is 14.7. The zero-order valence-corrected chi connectivity index (χ0v) is 13.4. The summed E-state index contributed by atoms with van der Waals surface area (Å²) in [6.07, 6.45) is 1.06. The molecule has 2 aromatic rings. The van der Waals surface area contributed by atoms with Gasteiger partial charge >= 0.3 is 0 Å². The van der Waals surface area contributed by atoms with Gasteiger partial charge in [0.05, 0.1) is 6.04 Å². The average molecular weight is 291 g/mol. The molecule has 20 heavy (non-hydrogen) atoms. The minimum Gasteiger partial charge on any atom is -0.306 e. The van der Waals surface area contributed by atoms with Crippen LogP contribution in [0.5, 0.6) is 0 Å². The Morgan fingerprint density at radius 3 is 2.45 bits per heavy atom. The van der Waals surface area contributed by atoms with E-state index in [1.807, 2.05) is 12.1 Å². The van der Waals surface area contributed by atoms with E-state index in [0.717, 1.165) is 18.5 Å². The molecule has 0 saturated carbocycles. The van der Waals surface area contributed by atoms with Crippen LogP contribution in [0.3, 0.4) is 0 Å². The number of halogens is 1. The van der Waals surface area contributed by atoms with Crippen LogP contribution < -0.4 is 5.32 Å². The van der Waals surface area contributed by atoms with E-state index in [0.29, 0.717) is 5.56 Å². The molecule has 0 bridgehead atoms. The molecule has 0 aliphatic rings. The van der Waals surface area contributed by atoms with Crippen molar-refractivity contribution in [3.63, 3.8) is 0 Å². The highest BCUT2D eigenvalue weighted by atomic mass is 32.1. The highest BCUT2D eigenvalue weighted by Gasteiger charge is 2.17. The van der Waals surface area contributed by atoms with Crippen LogP contribution in [0.1, 0.15) is 45.8 Å². The Morgan fingerprint density at radius 1 is 1.15 bits per heavy atom. The van der Waals surface area contributed by atoms with Gasteiger partial charge in [0.1, 0.15) is 5.82 Å². The van der Waals surface area contributed by atoms with E-state index in [1.165, 1.54) is 15.3 Å². The summed E-state index contributed by atoms with van der Waals surface area (Å²) < 4.78 is 13.8. The Bertz CT molecular complexity index is 569. The molecule has 1 aromatic heterocycles. The third kappa shape index (κ3) is 3.28. The SMILES string of the molecule is CCCNC(c1ccc(C)c(F)c1)c1cc(C)c(C)s1. The second-order valence-electron chi connectivity index (χ2n) is 5.28. The number of thiophene rings is 1. The lowest BCUT2D eigenvalue weighted by Gasteiger charge is -2.18. The standard InChI is InChI=1S/C17H22FNS/c1-5-8-19-17(16-9-12(3)13(4)20-16)14-7-6-11(2)15(18)10-14/h6-7,9-10,17,19H,5,8H2,1-4H3. The molecular weight excluding hydrogens is 269 g/mol. The number of hydrogen-bond donors (Lipinski definition) is 1. The van der Waals surface area contributed by atoms with Crippen molar-refractivity contribution in [2.75, 3.05) is 6.54 Å². The predicted octanol–water partition coefficient (Wildman–Crippen LogP) is 4.90. The van der Waals surface area contributed by atoms with E-state index < -0.39 is 0 Å². The number of rotatable bonds is 5. The third-order valence-corrected chi connectivity index (χ3v) is 4.81. The Balaban J connectivity index is 2.38. The first-order valence-corrected chi connectivity index (χ1v) is 7.91. The lowest BCUT2D eigenvalue weighted by Crippen LogP contribution is -2.22. The van der Waals surface area contributed by atoms with Crippen LogP contribution in [0, 0.1) is 26.6 Å². The number of aryl methyl sites for hydroxylation is 3. The fourth-order valence-corrected chi connectivity index (χ4v) is 3.35. The molecule has 1 aromatic carbocycles. The summed E-state index contributed by atoms with van der Waals surface area (Å²) in [6, 6.07) is 7.84. The molecule has 0 fully saturated rings. The largest absolute Gasteiger partial charge is 0.306 e. The van der Waals surface area contributed by atoms with Crippen molar-refractivity contribution in [1.29, 1.82) is 0 Å². The van der Waals surface area contributed by atoms with E-state index in [4.69, 9.17) is 0 Å². The maximum atomic E-state index is 13.8. The van der Waals surface area contributed by atoms with Crippen LogP contribution in [-0.2, 0) is 0 Å². The Labute approximate surface area is 124 Å². The van der Waals surface area contributed by atoms with Gasteiger partial charge in [-0.25, -0.2) is 4.39 Å². The van der Waals surface area contributed by atoms with Crippen molar-refractivity contribution in [3.8, 4) is 0 Å². The summed E-state index contributed by atoms with van der Waals surface area (Å²) in [5, 5.41) is 3.53. The molecule has 0 saturated heterocycles. The Morgan fingerprint density at radius 2 is 1.90 bits per heavy atom. The molecule has 0 aliphatic heterocycles. The fourth-order valence-electron chi connectivity index (χ4n) is 2.20. The molecule has 1 heterocycles. The minimum absolute atomic E-state index is 0.0856. The lowest BCUT2D eigenvalue weighted by atomic mass is 10.0. The molecule has 0 spiro atoms. The minimum atomic E-state index is -0.129.